The minimum Gasteiger partial charge on any atom is -0.497 e. The van der Waals surface area contributed by atoms with E-state index in [9.17, 15) is 13.9 Å². The third kappa shape index (κ3) is 2.71. The third-order valence-corrected chi connectivity index (χ3v) is 7.08. The zero-order chi connectivity index (χ0) is 22.8. The highest BCUT2D eigenvalue weighted by Crippen LogP contribution is 2.80. The third-order valence-electron chi connectivity index (χ3n) is 7.08. The van der Waals surface area contributed by atoms with Crippen LogP contribution in [0.1, 0.15) is 30.4 Å². The van der Waals surface area contributed by atoms with Gasteiger partial charge in [-0.05, 0) is 64.9 Å². The molecule has 10 heteroatoms. The largest absolute Gasteiger partial charge is 0.497 e. The van der Waals surface area contributed by atoms with Crippen molar-refractivity contribution in [2.24, 2.45) is 5.41 Å². The lowest BCUT2D eigenvalue weighted by Gasteiger charge is -2.74. The summed E-state index contributed by atoms with van der Waals surface area (Å²) in [7, 11) is 1.55. The van der Waals surface area contributed by atoms with Gasteiger partial charge in [0.15, 0.2) is 5.60 Å². The molecule has 168 valence electrons. The van der Waals surface area contributed by atoms with E-state index in [1.54, 1.807) is 19.2 Å². The topological polar surface area (TPSA) is 73.1 Å². The average molecular weight is 448 g/mol. The summed E-state index contributed by atoms with van der Waals surface area (Å²) in [6.07, 6.45) is 1.48. The van der Waals surface area contributed by atoms with Gasteiger partial charge in [-0.1, -0.05) is 12.1 Å². The molecule has 1 aromatic heterocycles. The van der Waals surface area contributed by atoms with Gasteiger partial charge in [-0.2, -0.15) is 0 Å². The lowest BCUT2D eigenvalue weighted by Crippen LogP contribution is -2.76. The Bertz CT molecular complexity index is 1130. The van der Waals surface area contributed by atoms with E-state index in [1.807, 2.05) is 12.1 Å². The van der Waals surface area contributed by atoms with E-state index < -0.39 is 46.1 Å². The Balaban J connectivity index is 1.49. The Morgan fingerprint density at radius 1 is 1.09 bits per heavy atom. The van der Waals surface area contributed by atoms with Crippen molar-refractivity contribution < 1.29 is 27.4 Å². The molecule has 1 atom stereocenters. The van der Waals surface area contributed by atoms with Gasteiger partial charge < -0.3 is 9.84 Å². The van der Waals surface area contributed by atoms with Gasteiger partial charge in [0, 0.05) is 17.0 Å². The molecule has 0 spiro atoms. The molecule has 3 aromatic rings. The van der Waals surface area contributed by atoms with Gasteiger partial charge in [0.25, 0.3) is 5.92 Å². The van der Waals surface area contributed by atoms with Crippen molar-refractivity contribution in [1.82, 2.24) is 20.2 Å². The standard InChI is InChI=1S/C22H20F4N4O2/c1-32-16-5-2-14(3-6-16)19-9-20(10-19,11-19)22(25,26)21(31,12-30-13-27-28-29-30)17-7-4-15(23)8-18(17)24/h2-8,13,31H,9-12H2,1H3/t19?,20?,21-/m0/s1. The van der Waals surface area contributed by atoms with E-state index in [0.29, 0.717) is 11.8 Å². The quantitative estimate of drug-likeness (QED) is 0.559. The number of methoxy groups -OCH3 is 1. The number of aromatic nitrogens is 4. The summed E-state index contributed by atoms with van der Waals surface area (Å²) >= 11 is 0. The molecule has 6 rings (SSSR count). The number of hydrogen-bond donors (Lipinski definition) is 1. The Labute approximate surface area is 180 Å². The normalized spacial score (nSPS) is 26.1. The van der Waals surface area contributed by atoms with Gasteiger partial charge in [0.05, 0.1) is 13.7 Å². The minimum absolute atomic E-state index is 0.139. The fourth-order valence-corrected chi connectivity index (χ4v) is 5.48. The Morgan fingerprint density at radius 3 is 2.34 bits per heavy atom. The van der Waals surface area contributed by atoms with Gasteiger partial charge >= 0.3 is 0 Å². The number of halogens is 4. The minimum atomic E-state index is -3.74. The summed E-state index contributed by atoms with van der Waals surface area (Å²) in [4.78, 5) is 0. The molecule has 32 heavy (non-hydrogen) atoms. The second-order valence-electron chi connectivity index (χ2n) is 8.89. The molecule has 0 amide bonds. The summed E-state index contributed by atoms with van der Waals surface area (Å²) < 4.78 is 66.3. The van der Waals surface area contributed by atoms with Crippen LogP contribution < -0.4 is 4.74 Å². The summed E-state index contributed by atoms with van der Waals surface area (Å²) in [5.41, 5.74) is -4.67. The van der Waals surface area contributed by atoms with Crippen LogP contribution in [0.25, 0.3) is 0 Å². The molecular formula is C22H20F4N4O2. The van der Waals surface area contributed by atoms with Crippen molar-refractivity contribution in [3.63, 3.8) is 0 Å². The number of aliphatic hydroxyl groups is 1. The van der Waals surface area contributed by atoms with Gasteiger partial charge in [0.2, 0.25) is 0 Å². The van der Waals surface area contributed by atoms with Crippen LogP contribution in [0.3, 0.4) is 0 Å². The van der Waals surface area contributed by atoms with Gasteiger partial charge in [0.1, 0.15) is 23.7 Å². The first-order valence-corrected chi connectivity index (χ1v) is 10.1. The molecule has 1 heterocycles. The predicted octanol–water partition coefficient (Wildman–Crippen LogP) is 3.60. The molecule has 2 bridgehead atoms. The van der Waals surface area contributed by atoms with Crippen molar-refractivity contribution >= 4 is 0 Å². The SMILES string of the molecule is COc1ccc(C23CC(C(F)(F)[C@](O)(Cn4cnnn4)c4ccc(F)cc4F)(C2)C3)cc1. The molecule has 3 fully saturated rings. The van der Waals surface area contributed by atoms with Crippen LogP contribution in [0, 0.1) is 17.0 Å². The van der Waals surface area contributed by atoms with Crippen molar-refractivity contribution in [1.29, 1.82) is 0 Å². The van der Waals surface area contributed by atoms with Crippen molar-refractivity contribution in [2.45, 2.75) is 42.7 Å². The number of tetrazole rings is 1. The van der Waals surface area contributed by atoms with E-state index >= 15 is 8.78 Å². The molecule has 2 aromatic carbocycles. The number of rotatable bonds is 7. The molecule has 0 radical (unpaired) electrons. The lowest BCUT2D eigenvalue weighted by molar-refractivity contribution is -0.347. The molecule has 6 nitrogen and oxygen atoms in total. The van der Waals surface area contributed by atoms with Crippen LogP contribution in [0.2, 0.25) is 0 Å². The zero-order valence-electron chi connectivity index (χ0n) is 17.1. The highest BCUT2D eigenvalue weighted by molar-refractivity contribution is 5.44. The van der Waals surface area contributed by atoms with E-state index in [1.165, 1.54) is 0 Å². The van der Waals surface area contributed by atoms with Crippen molar-refractivity contribution in [3.8, 4) is 5.75 Å². The smallest absolute Gasteiger partial charge is 0.287 e. The molecule has 1 N–H and O–H groups in total. The predicted molar refractivity (Wildman–Crippen MR) is 104 cm³/mol. The first-order valence-electron chi connectivity index (χ1n) is 10.1. The van der Waals surface area contributed by atoms with Crippen LogP contribution in [0.15, 0.2) is 48.8 Å². The highest BCUT2D eigenvalue weighted by Gasteiger charge is 2.82. The fraction of sp³-hybridized carbons (Fsp3) is 0.409. The van der Waals surface area contributed by atoms with E-state index in [0.717, 1.165) is 28.7 Å². The second kappa shape index (κ2) is 6.74. The molecule has 0 aliphatic heterocycles. The van der Waals surface area contributed by atoms with Crippen molar-refractivity contribution in [3.05, 3.63) is 71.6 Å². The Kier molecular flexibility index (Phi) is 4.40. The van der Waals surface area contributed by atoms with Crippen LogP contribution in [0.5, 0.6) is 5.75 Å². The maximum Gasteiger partial charge on any atom is 0.287 e. The molecule has 3 saturated carbocycles. The Hall–Kier alpha value is -3.01. The second-order valence-corrected chi connectivity index (χ2v) is 8.89. The number of ether oxygens (including phenoxy) is 1. The first kappa shape index (κ1) is 20.9. The molecule has 3 aliphatic carbocycles. The highest BCUT2D eigenvalue weighted by atomic mass is 19.3. The number of hydrogen-bond acceptors (Lipinski definition) is 5. The van der Waals surface area contributed by atoms with E-state index in [2.05, 4.69) is 15.5 Å². The molecule has 0 unspecified atom stereocenters. The van der Waals surface area contributed by atoms with Gasteiger partial charge in [-0.3, -0.25) is 0 Å². The lowest BCUT2D eigenvalue weighted by atomic mass is 9.30. The number of benzene rings is 2. The van der Waals surface area contributed by atoms with Crippen LogP contribution >= 0.6 is 0 Å². The monoisotopic (exact) mass is 448 g/mol. The molecular weight excluding hydrogens is 428 g/mol. The number of nitrogens with zero attached hydrogens (tertiary/aromatic N) is 4. The van der Waals surface area contributed by atoms with Crippen LogP contribution in [-0.4, -0.2) is 38.3 Å². The molecule has 3 aliphatic rings. The zero-order valence-corrected chi connectivity index (χ0v) is 17.1. The summed E-state index contributed by atoms with van der Waals surface area (Å²) in [6.45, 7) is -0.785. The van der Waals surface area contributed by atoms with Gasteiger partial charge in [-0.15, -0.1) is 5.10 Å². The maximum atomic E-state index is 16.1. The van der Waals surface area contributed by atoms with Crippen LogP contribution in [0.4, 0.5) is 17.6 Å². The van der Waals surface area contributed by atoms with Crippen molar-refractivity contribution in [2.75, 3.05) is 7.11 Å². The average Bonchev–Trinajstić information content (AvgIpc) is 3.18. The first-order chi connectivity index (χ1) is 15.1. The van der Waals surface area contributed by atoms with Crippen LogP contribution in [-0.2, 0) is 17.6 Å². The summed E-state index contributed by atoms with van der Waals surface area (Å²) in [5, 5.41) is 21.7. The summed E-state index contributed by atoms with van der Waals surface area (Å²) in [5.74, 6) is -5.25. The number of alkyl halides is 2. The fourth-order valence-electron chi connectivity index (χ4n) is 5.48. The summed E-state index contributed by atoms with van der Waals surface area (Å²) in [6, 6.07) is 9.45. The molecule has 0 saturated heterocycles. The Morgan fingerprint density at radius 2 is 1.78 bits per heavy atom. The van der Waals surface area contributed by atoms with Gasteiger partial charge in [-0.25, -0.2) is 22.2 Å². The van der Waals surface area contributed by atoms with E-state index in [-0.39, 0.29) is 19.3 Å². The van der Waals surface area contributed by atoms with E-state index in [4.69, 9.17) is 4.74 Å². The maximum absolute atomic E-state index is 16.1.